The molecule has 2 rings (SSSR count). The van der Waals surface area contributed by atoms with Crippen molar-refractivity contribution in [1.29, 1.82) is 0 Å². The lowest BCUT2D eigenvalue weighted by molar-refractivity contribution is 0.134. The summed E-state index contributed by atoms with van der Waals surface area (Å²) >= 11 is 0. The minimum Gasteiger partial charge on any atom is -0.378 e. The lowest BCUT2D eigenvalue weighted by Crippen LogP contribution is -2.09. The Bertz CT molecular complexity index is 539. The van der Waals surface area contributed by atoms with Crippen molar-refractivity contribution >= 4 is 5.69 Å². The number of hydrogen-bond acceptors (Lipinski definition) is 2. The van der Waals surface area contributed by atoms with Crippen LogP contribution in [0.3, 0.4) is 0 Å². The molecule has 1 unspecified atom stereocenters. The Morgan fingerprint density at radius 1 is 1.10 bits per heavy atom. The number of halogens is 1. The Balaban J connectivity index is 2.10. The van der Waals surface area contributed by atoms with Gasteiger partial charge in [0, 0.05) is 23.9 Å². The van der Waals surface area contributed by atoms with Gasteiger partial charge in [0.25, 0.3) is 0 Å². The largest absolute Gasteiger partial charge is 0.378 e. The summed E-state index contributed by atoms with van der Waals surface area (Å²) in [7, 11) is 0. The number of anilines is 1. The van der Waals surface area contributed by atoms with E-state index < -0.39 is 0 Å². The van der Waals surface area contributed by atoms with Crippen LogP contribution in [-0.2, 0) is 11.3 Å². The zero-order valence-corrected chi connectivity index (χ0v) is 11.9. The number of benzene rings is 2. The predicted octanol–water partition coefficient (Wildman–Crippen LogP) is 4.54. The van der Waals surface area contributed by atoms with Crippen LogP contribution < -0.4 is 5.32 Å². The standard InChI is InChI=1S/C17H20FNO/c1-3-20-12-15-6-4-5-7-17(15)19-13(2)14-8-10-16(18)11-9-14/h4-11,13,19H,3,12H2,1-2H3. The molecule has 2 nitrogen and oxygen atoms in total. The first-order valence-electron chi connectivity index (χ1n) is 6.88. The van der Waals surface area contributed by atoms with Gasteiger partial charge in [-0.3, -0.25) is 0 Å². The minimum atomic E-state index is -0.210. The molecule has 20 heavy (non-hydrogen) atoms. The molecule has 0 aliphatic carbocycles. The van der Waals surface area contributed by atoms with Crippen molar-refractivity contribution in [1.82, 2.24) is 0 Å². The maximum absolute atomic E-state index is 12.9. The molecular formula is C17H20FNO. The van der Waals surface area contributed by atoms with E-state index in [9.17, 15) is 4.39 Å². The van der Waals surface area contributed by atoms with Gasteiger partial charge in [0.15, 0.2) is 0 Å². The van der Waals surface area contributed by atoms with Gasteiger partial charge in [-0.05, 0) is 37.6 Å². The lowest BCUT2D eigenvalue weighted by Gasteiger charge is -2.18. The average Bonchev–Trinajstić information content (AvgIpc) is 2.47. The first-order chi connectivity index (χ1) is 9.70. The van der Waals surface area contributed by atoms with Crippen LogP contribution >= 0.6 is 0 Å². The molecule has 0 heterocycles. The van der Waals surface area contributed by atoms with Crippen molar-refractivity contribution in [2.45, 2.75) is 26.5 Å². The summed E-state index contributed by atoms with van der Waals surface area (Å²) in [5, 5.41) is 3.45. The SMILES string of the molecule is CCOCc1ccccc1NC(C)c1ccc(F)cc1. The molecule has 2 aromatic carbocycles. The third kappa shape index (κ3) is 3.81. The fraction of sp³-hybridized carbons (Fsp3) is 0.294. The Morgan fingerprint density at radius 3 is 2.50 bits per heavy atom. The van der Waals surface area contributed by atoms with Gasteiger partial charge >= 0.3 is 0 Å². The molecule has 0 aliphatic rings. The van der Waals surface area contributed by atoms with Gasteiger partial charge in [-0.2, -0.15) is 0 Å². The smallest absolute Gasteiger partial charge is 0.123 e. The summed E-state index contributed by atoms with van der Waals surface area (Å²) in [5.41, 5.74) is 3.23. The van der Waals surface area contributed by atoms with Gasteiger partial charge in [0.1, 0.15) is 5.82 Å². The van der Waals surface area contributed by atoms with Gasteiger partial charge in [0.2, 0.25) is 0 Å². The van der Waals surface area contributed by atoms with E-state index >= 15 is 0 Å². The number of ether oxygens (including phenoxy) is 1. The quantitative estimate of drug-likeness (QED) is 0.834. The van der Waals surface area contributed by atoms with Crippen LogP contribution in [-0.4, -0.2) is 6.61 Å². The van der Waals surface area contributed by atoms with E-state index in [2.05, 4.69) is 18.3 Å². The van der Waals surface area contributed by atoms with Gasteiger partial charge in [-0.25, -0.2) is 4.39 Å². The normalized spacial score (nSPS) is 12.2. The number of rotatable bonds is 6. The summed E-state index contributed by atoms with van der Waals surface area (Å²) in [6, 6.07) is 14.8. The average molecular weight is 273 g/mol. The third-order valence-electron chi connectivity index (χ3n) is 3.22. The first-order valence-corrected chi connectivity index (χ1v) is 6.88. The second-order valence-electron chi connectivity index (χ2n) is 4.71. The van der Waals surface area contributed by atoms with Crippen LogP contribution in [0.5, 0.6) is 0 Å². The molecule has 2 aromatic rings. The maximum Gasteiger partial charge on any atom is 0.123 e. The fourth-order valence-corrected chi connectivity index (χ4v) is 2.07. The van der Waals surface area contributed by atoms with Gasteiger partial charge in [-0.1, -0.05) is 30.3 Å². The van der Waals surface area contributed by atoms with Crippen molar-refractivity contribution < 1.29 is 9.13 Å². The van der Waals surface area contributed by atoms with E-state index in [1.54, 1.807) is 12.1 Å². The van der Waals surface area contributed by atoms with Crippen LogP contribution in [0.2, 0.25) is 0 Å². The van der Waals surface area contributed by atoms with Crippen molar-refractivity contribution in [3.8, 4) is 0 Å². The van der Waals surface area contributed by atoms with E-state index in [-0.39, 0.29) is 11.9 Å². The lowest BCUT2D eigenvalue weighted by atomic mass is 10.1. The summed E-state index contributed by atoms with van der Waals surface area (Å²) < 4.78 is 18.4. The summed E-state index contributed by atoms with van der Waals surface area (Å²) in [4.78, 5) is 0. The molecule has 0 spiro atoms. The Morgan fingerprint density at radius 2 is 1.80 bits per heavy atom. The molecule has 3 heteroatoms. The molecule has 0 fully saturated rings. The molecule has 0 saturated heterocycles. The van der Waals surface area contributed by atoms with Crippen LogP contribution in [0, 0.1) is 5.82 Å². The highest BCUT2D eigenvalue weighted by Gasteiger charge is 2.08. The van der Waals surface area contributed by atoms with E-state index in [4.69, 9.17) is 4.74 Å². The molecule has 0 bridgehead atoms. The second-order valence-corrected chi connectivity index (χ2v) is 4.71. The van der Waals surface area contributed by atoms with Crippen LogP contribution in [0.1, 0.15) is 31.0 Å². The predicted molar refractivity (Wildman–Crippen MR) is 80.2 cm³/mol. The second kappa shape index (κ2) is 7.06. The molecule has 1 N–H and O–H groups in total. The molecule has 0 saturated carbocycles. The fourth-order valence-electron chi connectivity index (χ4n) is 2.07. The number of para-hydroxylation sites is 1. The van der Waals surface area contributed by atoms with Crippen LogP contribution in [0.4, 0.5) is 10.1 Å². The molecule has 0 radical (unpaired) electrons. The monoisotopic (exact) mass is 273 g/mol. The Hall–Kier alpha value is -1.87. The molecule has 0 amide bonds. The van der Waals surface area contributed by atoms with Crippen molar-refractivity contribution in [2.24, 2.45) is 0 Å². The molecule has 1 atom stereocenters. The number of hydrogen-bond donors (Lipinski definition) is 1. The van der Waals surface area contributed by atoms with E-state index in [1.807, 2.05) is 25.1 Å². The van der Waals surface area contributed by atoms with Crippen LogP contribution in [0.15, 0.2) is 48.5 Å². The first kappa shape index (κ1) is 14.5. The van der Waals surface area contributed by atoms with E-state index in [1.165, 1.54) is 12.1 Å². The highest BCUT2D eigenvalue weighted by molar-refractivity contribution is 5.52. The van der Waals surface area contributed by atoms with Crippen LogP contribution in [0.25, 0.3) is 0 Å². The zero-order valence-electron chi connectivity index (χ0n) is 11.9. The third-order valence-corrected chi connectivity index (χ3v) is 3.22. The maximum atomic E-state index is 12.9. The van der Waals surface area contributed by atoms with Gasteiger partial charge < -0.3 is 10.1 Å². The van der Waals surface area contributed by atoms with Gasteiger partial charge in [-0.15, -0.1) is 0 Å². The van der Waals surface area contributed by atoms with E-state index in [0.29, 0.717) is 13.2 Å². The molecule has 106 valence electrons. The highest BCUT2D eigenvalue weighted by Crippen LogP contribution is 2.23. The Kier molecular flexibility index (Phi) is 5.13. The zero-order chi connectivity index (χ0) is 14.4. The molecule has 0 aromatic heterocycles. The minimum absolute atomic E-state index is 0.110. The summed E-state index contributed by atoms with van der Waals surface area (Å²) in [6.07, 6.45) is 0. The van der Waals surface area contributed by atoms with E-state index in [0.717, 1.165) is 16.8 Å². The topological polar surface area (TPSA) is 21.3 Å². The highest BCUT2D eigenvalue weighted by atomic mass is 19.1. The number of nitrogens with one attached hydrogen (secondary N) is 1. The molecule has 0 aliphatic heterocycles. The summed E-state index contributed by atoms with van der Waals surface area (Å²) in [5.74, 6) is -0.210. The Labute approximate surface area is 119 Å². The van der Waals surface area contributed by atoms with Gasteiger partial charge in [0.05, 0.1) is 6.61 Å². The van der Waals surface area contributed by atoms with Crippen molar-refractivity contribution in [3.63, 3.8) is 0 Å². The van der Waals surface area contributed by atoms with Crippen molar-refractivity contribution in [2.75, 3.05) is 11.9 Å². The molecular weight excluding hydrogens is 253 g/mol. The summed E-state index contributed by atoms with van der Waals surface area (Å²) in [6.45, 7) is 5.33. The van der Waals surface area contributed by atoms with Crippen molar-refractivity contribution in [3.05, 3.63) is 65.5 Å².